The van der Waals surface area contributed by atoms with Gasteiger partial charge in [0.05, 0.1) is 25.0 Å². The van der Waals surface area contributed by atoms with Crippen molar-refractivity contribution in [1.29, 1.82) is 0 Å². The molecule has 0 aliphatic carbocycles. The fourth-order valence-electron chi connectivity index (χ4n) is 3.46. The highest BCUT2D eigenvalue weighted by Gasteiger charge is 2.34. The Morgan fingerprint density at radius 3 is 2.39 bits per heavy atom. The van der Waals surface area contributed by atoms with Gasteiger partial charge in [-0.3, -0.25) is 14.5 Å². The number of hydrogen-bond acceptors (Lipinski definition) is 5. The standard InChI is InChI=1S/C21H23F4N3O3/c1-15(29)16-4-5-19(18(22)11-16)27-8-6-26(7-9-27)13-20(30)28(14-21(23,24)25)12-17-3-2-10-31-17/h2-5,10-11H,6-9,12-14H2,1H3. The Hall–Kier alpha value is -2.88. The van der Waals surface area contributed by atoms with Gasteiger partial charge in [0.1, 0.15) is 18.1 Å². The summed E-state index contributed by atoms with van der Waals surface area (Å²) in [6.45, 7) is 1.15. The molecular weight excluding hydrogens is 418 g/mol. The van der Waals surface area contributed by atoms with Crippen LogP contribution in [-0.4, -0.2) is 66.9 Å². The minimum Gasteiger partial charge on any atom is -0.467 e. The lowest BCUT2D eigenvalue weighted by atomic mass is 10.1. The lowest BCUT2D eigenvalue weighted by Gasteiger charge is -2.36. The summed E-state index contributed by atoms with van der Waals surface area (Å²) in [5.41, 5.74) is 0.638. The minimum atomic E-state index is -4.52. The summed E-state index contributed by atoms with van der Waals surface area (Å²) in [5, 5.41) is 0. The number of rotatable bonds is 7. The molecule has 2 heterocycles. The van der Waals surface area contributed by atoms with Crippen LogP contribution < -0.4 is 4.90 Å². The molecule has 2 aromatic rings. The Morgan fingerprint density at radius 2 is 1.84 bits per heavy atom. The fraction of sp³-hybridized carbons (Fsp3) is 0.429. The second-order valence-corrected chi connectivity index (χ2v) is 7.43. The number of Topliss-reactive ketones (excluding diaryl/α,β-unsaturated/α-hetero) is 1. The van der Waals surface area contributed by atoms with E-state index in [2.05, 4.69) is 0 Å². The molecule has 1 saturated heterocycles. The summed E-state index contributed by atoms with van der Waals surface area (Å²) in [4.78, 5) is 28.2. The van der Waals surface area contributed by atoms with Crippen LogP contribution in [0.3, 0.4) is 0 Å². The minimum absolute atomic E-state index is 0.170. The molecule has 1 amide bonds. The Morgan fingerprint density at radius 1 is 1.13 bits per heavy atom. The van der Waals surface area contributed by atoms with Crippen molar-refractivity contribution >= 4 is 17.4 Å². The molecule has 168 valence electrons. The van der Waals surface area contributed by atoms with Crippen LogP contribution in [-0.2, 0) is 11.3 Å². The van der Waals surface area contributed by atoms with Gasteiger partial charge in [0.2, 0.25) is 5.91 Å². The quantitative estimate of drug-likeness (QED) is 0.487. The molecule has 3 rings (SSSR count). The van der Waals surface area contributed by atoms with Crippen molar-refractivity contribution in [2.24, 2.45) is 0 Å². The second-order valence-electron chi connectivity index (χ2n) is 7.43. The predicted molar refractivity (Wildman–Crippen MR) is 105 cm³/mol. The number of carbonyl (C=O) groups excluding carboxylic acids is 2. The number of carbonyl (C=O) groups is 2. The summed E-state index contributed by atoms with van der Waals surface area (Å²) >= 11 is 0. The van der Waals surface area contributed by atoms with Crippen molar-refractivity contribution in [3.63, 3.8) is 0 Å². The highest BCUT2D eigenvalue weighted by atomic mass is 19.4. The zero-order valence-corrected chi connectivity index (χ0v) is 17.0. The summed E-state index contributed by atoms with van der Waals surface area (Å²) < 4.78 is 58.2. The third-order valence-electron chi connectivity index (χ3n) is 5.08. The molecule has 6 nitrogen and oxygen atoms in total. The van der Waals surface area contributed by atoms with Crippen LogP contribution in [0.2, 0.25) is 0 Å². The van der Waals surface area contributed by atoms with Gasteiger partial charge >= 0.3 is 6.18 Å². The first-order valence-corrected chi connectivity index (χ1v) is 9.77. The van der Waals surface area contributed by atoms with Gasteiger partial charge in [-0.25, -0.2) is 4.39 Å². The third-order valence-corrected chi connectivity index (χ3v) is 5.08. The van der Waals surface area contributed by atoms with E-state index in [0.717, 1.165) is 4.90 Å². The number of halogens is 4. The van der Waals surface area contributed by atoms with Gasteiger partial charge < -0.3 is 14.2 Å². The maximum atomic E-state index is 14.4. The zero-order chi connectivity index (χ0) is 22.6. The molecule has 1 aromatic heterocycles. The number of furan rings is 1. The molecule has 31 heavy (non-hydrogen) atoms. The van der Waals surface area contributed by atoms with Crippen LogP contribution in [0, 0.1) is 5.82 Å². The number of alkyl halides is 3. The maximum absolute atomic E-state index is 14.4. The summed E-state index contributed by atoms with van der Waals surface area (Å²) in [7, 11) is 0. The fourth-order valence-corrected chi connectivity index (χ4v) is 3.46. The van der Waals surface area contributed by atoms with E-state index in [9.17, 15) is 27.2 Å². The Balaban J connectivity index is 1.58. The molecular formula is C21H23F4N3O3. The summed E-state index contributed by atoms with van der Waals surface area (Å²) in [5.74, 6) is -1.12. The van der Waals surface area contributed by atoms with Gasteiger partial charge in [-0.05, 0) is 37.3 Å². The molecule has 0 saturated carbocycles. The van der Waals surface area contributed by atoms with Crippen molar-refractivity contribution in [2.45, 2.75) is 19.6 Å². The van der Waals surface area contributed by atoms with Crippen LogP contribution >= 0.6 is 0 Å². The SMILES string of the molecule is CC(=O)c1ccc(N2CCN(CC(=O)N(Cc3ccco3)CC(F)(F)F)CC2)c(F)c1. The Kier molecular flexibility index (Phi) is 6.99. The lowest BCUT2D eigenvalue weighted by Crippen LogP contribution is -2.51. The second kappa shape index (κ2) is 9.51. The Labute approximate surface area is 177 Å². The van der Waals surface area contributed by atoms with E-state index in [4.69, 9.17) is 4.42 Å². The van der Waals surface area contributed by atoms with Gasteiger partial charge in [0.25, 0.3) is 0 Å². The molecule has 0 N–H and O–H groups in total. The highest BCUT2D eigenvalue weighted by molar-refractivity contribution is 5.94. The van der Waals surface area contributed by atoms with E-state index in [1.165, 1.54) is 25.3 Å². The summed E-state index contributed by atoms with van der Waals surface area (Å²) in [6, 6.07) is 7.35. The van der Waals surface area contributed by atoms with Gasteiger partial charge in [-0.15, -0.1) is 0 Å². The van der Waals surface area contributed by atoms with E-state index in [-0.39, 0.29) is 30.2 Å². The van der Waals surface area contributed by atoms with Crippen molar-refractivity contribution < 1.29 is 31.6 Å². The zero-order valence-electron chi connectivity index (χ0n) is 17.0. The smallest absolute Gasteiger partial charge is 0.406 e. The van der Waals surface area contributed by atoms with Gasteiger partial charge in [0, 0.05) is 31.7 Å². The third kappa shape index (κ3) is 6.30. The molecule has 1 aromatic carbocycles. The van der Waals surface area contributed by atoms with Gasteiger partial charge in [0.15, 0.2) is 5.78 Å². The molecule has 0 radical (unpaired) electrons. The maximum Gasteiger partial charge on any atom is 0.406 e. The first-order valence-electron chi connectivity index (χ1n) is 9.77. The number of hydrogen-bond donors (Lipinski definition) is 0. The molecule has 0 spiro atoms. The van der Waals surface area contributed by atoms with Crippen LogP contribution in [0.5, 0.6) is 0 Å². The van der Waals surface area contributed by atoms with E-state index >= 15 is 0 Å². The van der Waals surface area contributed by atoms with Crippen LogP contribution in [0.15, 0.2) is 41.0 Å². The van der Waals surface area contributed by atoms with E-state index < -0.39 is 24.4 Å². The van der Waals surface area contributed by atoms with Gasteiger partial charge in [-0.1, -0.05) is 0 Å². The van der Waals surface area contributed by atoms with Crippen molar-refractivity contribution in [3.05, 3.63) is 53.7 Å². The predicted octanol–water partition coefficient (Wildman–Crippen LogP) is 3.33. The van der Waals surface area contributed by atoms with Crippen molar-refractivity contribution in [3.8, 4) is 0 Å². The summed E-state index contributed by atoms with van der Waals surface area (Å²) in [6.07, 6.45) is -3.18. The molecule has 1 aliphatic rings. The van der Waals surface area contributed by atoms with Crippen LogP contribution in [0.1, 0.15) is 23.0 Å². The number of piperazine rings is 1. The monoisotopic (exact) mass is 441 g/mol. The van der Waals surface area contributed by atoms with Crippen molar-refractivity contribution in [2.75, 3.05) is 44.2 Å². The molecule has 10 heteroatoms. The number of anilines is 1. The largest absolute Gasteiger partial charge is 0.467 e. The van der Waals surface area contributed by atoms with Crippen LogP contribution in [0.4, 0.5) is 23.2 Å². The van der Waals surface area contributed by atoms with E-state index in [1.807, 2.05) is 0 Å². The number of benzene rings is 1. The first kappa shape index (κ1) is 22.8. The average Bonchev–Trinajstić information content (AvgIpc) is 3.20. The number of amides is 1. The van der Waals surface area contributed by atoms with E-state index in [1.54, 1.807) is 28.0 Å². The lowest BCUT2D eigenvalue weighted by molar-refractivity contribution is -0.163. The molecule has 0 unspecified atom stereocenters. The average molecular weight is 441 g/mol. The molecule has 1 fully saturated rings. The van der Waals surface area contributed by atoms with Gasteiger partial charge in [-0.2, -0.15) is 13.2 Å². The highest BCUT2D eigenvalue weighted by Crippen LogP contribution is 2.23. The molecule has 0 bridgehead atoms. The topological polar surface area (TPSA) is 57.0 Å². The van der Waals surface area contributed by atoms with E-state index in [0.29, 0.717) is 31.9 Å². The Bertz CT molecular complexity index is 907. The molecule has 1 aliphatic heterocycles. The normalized spacial score (nSPS) is 15.2. The molecule has 0 atom stereocenters. The number of ketones is 1. The first-order chi connectivity index (χ1) is 14.6. The number of nitrogens with zero attached hydrogens (tertiary/aromatic N) is 3. The van der Waals surface area contributed by atoms with Crippen molar-refractivity contribution in [1.82, 2.24) is 9.80 Å². The van der Waals surface area contributed by atoms with Crippen LogP contribution in [0.25, 0.3) is 0 Å².